The highest BCUT2D eigenvalue weighted by molar-refractivity contribution is 5.76. The Morgan fingerprint density at radius 3 is 2.53 bits per heavy atom. The average molecular weight is 195 g/mol. The smallest absolute Gasteiger partial charge is 0.0273 e. The molecule has 0 aliphatic rings. The quantitative estimate of drug-likeness (QED) is 0.712. The normalized spacial score (nSPS) is 9.93. The van der Waals surface area contributed by atoms with Gasteiger partial charge in [-0.05, 0) is 41.3 Å². The standard InChI is InChI=1S/C14H13N/c1-3-13-11(2)5-4-6-14(13)12-7-9-15-10-8-12/h3-10H,1H2,2H3. The summed E-state index contributed by atoms with van der Waals surface area (Å²) in [6.45, 7) is 5.96. The van der Waals surface area contributed by atoms with E-state index in [0.717, 1.165) is 0 Å². The number of nitrogens with zero attached hydrogens (tertiary/aromatic N) is 1. The number of aromatic nitrogens is 1. The van der Waals surface area contributed by atoms with Crippen molar-refractivity contribution < 1.29 is 0 Å². The van der Waals surface area contributed by atoms with E-state index in [0.29, 0.717) is 0 Å². The lowest BCUT2D eigenvalue weighted by molar-refractivity contribution is 1.33. The first-order valence-electron chi connectivity index (χ1n) is 4.95. The lowest BCUT2D eigenvalue weighted by atomic mass is 9.97. The molecule has 74 valence electrons. The molecule has 1 aromatic carbocycles. The van der Waals surface area contributed by atoms with Crippen molar-refractivity contribution in [2.75, 3.05) is 0 Å². The Labute approximate surface area is 90.1 Å². The molecule has 0 spiro atoms. The Hall–Kier alpha value is -1.89. The van der Waals surface area contributed by atoms with Gasteiger partial charge in [-0.2, -0.15) is 0 Å². The molecule has 1 aromatic heterocycles. The van der Waals surface area contributed by atoms with Crippen LogP contribution >= 0.6 is 0 Å². The molecule has 2 aromatic rings. The summed E-state index contributed by atoms with van der Waals surface area (Å²) in [7, 11) is 0. The lowest BCUT2D eigenvalue weighted by Gasteiger charge is -2.08. The van der Waals surface area contributed by atoms with Crippen LogP contribution in [-0.2, 0) is 0 Å². The summed E-state index contributed by atoms with van der Waals surface area (Å²) in [6.07, 6.45) is 5.53. The van der Waals surface area contributed by atoms with Gasteiger partial charge in [0.25, 0.3) is 0 Å². The third-order valence-electron chi connectivity index (χ3n) is 2.52. The second kappa shape index (κ2) is 4.09. The van der Waals surface area contributed by atoms with E-state index in [1.165, 1.54) is 22.3 Å². The number of rotatable bonds is 2. The number of benzene rings is 1. The minimum atomic E-state index is 1.18. The van der Waals surface area contributed by atoms with Crippen LogP contribution in [0.15, 0.2) is 49.3 Å². The molecule has 2 rings (SSSR count). The Balaban J connectivity index is 2.63. The minimum absolute atomic E-state index is 1.18. The van der Waals surface area contributed by atoms with Gasteiger partial charge in [-0.3, -0.25) is 4.98 Å². The molecular formula is C14H13N. The van der Waals surface area contributed by atoms with Gasteiger partial charge >= 0.3 is 0 Å². The van der Waals surface area contributed by atoms with E-state index in [1.807, 2.05) is 30.6 Å². The average Bonchev–Trinajstić information content (AvgIpc) is 2.30. The van der Waals surface area contributed by atoms with Crippen molar-refractivity contribution in [1.29, 1.82) is 0 Å². The van der Waals surface area contributed by atoms with E-state index >= 15 is 0 Å². The zero-order valence-electron chi connectivity index (χ0n) is 8.77. The van der Waals surface area contributed by atoms with Crippen LogP contribution in [0.1, 0.15) is 11.1 Å². The fourth-order valence-electron chi connectivity index (χ4n) is 1.73. The molecule has 0 saturated carbocycles. The Morgan fingerprint density at radius 1 is 1.13 bits per heavy atom. The SMILES string of the molecule is C=Cc1c(C)cccc1-c1ccncc1. The predicted molar refractivity (Wildman–Crippen MR) is 64.5 cm³/mol. The number of hydrogen-bond donors (Lipinski definition) is 0. The van der Waals surface area contributed by atoms with E-state index in [-0.39, 0.29) is 0 Å². The van der Waals surface area contributed by atoms with E-state index in [4.69, 9.17) is 0 Å². The van der Waals surface area contributed by atoms with Crippen LogP contribution in [0.2, 0.25) is 0 Å². The first kappa shape index (κ1) is 9.66. The van der Waals surface area contributed by atoms with Crippen LogP contribution in [0, 0.1) is 6.92 Å². The highest BCUT2D eigenvalue weighted by atomic mass is 14.6. The zero-order valence-corrected chi connectivity index (χ0v) is 8.77. The van der Waals surface area contributed by atoms with Gasteiger partial charge in [0.15, 0.2) is 0 Å². The Kier molecular flexibility index (Phi) is 2.64. The van der Waals surface area contributed by atoms with Gasteiger partial charge in [0, 0.05) is 12.4 Å². The summed E-state index contributed by atoms with van der Waals surface area (Å²) in [5.74, 6) is 0. The van der Waals surface area contributed by atoms with Crippen LogP contribution in [0.3, 0.4) is 0 Å². The molecule has 1 heterocycles. The second-order valence-electron chi connectivity index (χ2n) is 3.48. The second-order valence-corrected chi connectivity index (χ2v) is 3.48. The highest BCUT2D eigenvalue weighted by Crippen LogP contribution is 2.26. The summed E-state index contributed by atoms with van der Waals surface area (Å²) >= 11 is 0. The van der Waals surface area contributed by atoms with E-state index in [9.17, 15) is 0 Å². The summed E-state index contributed by atoms with van der Waals surface area (Å²) in [4.78, 5) is 4.02. The Bertz CT molecular complexity index is 472. The van der Waals surface area contributed by atoms with Gasteiger partial charge in [0.2, 0.25) is 0 Å². The Morgan fingerprint density at radius 2 is 1.87 bits per heavy atom. The van der Waals surface area contributed by atoms with E-state index in [1.54, 1.807) is 0 Å². The molecule has 0 saturated heterocycles. The van der Waals surface area contributed by atoms with Crippen LogP contribution < -0.4 is 0 Å². The largest absolute Gasteiger partial charge is 0.265 e. The molecule has 0 aliphatic heterocycles. The van der Waals surface area contributed by atoms with Gasteiger partial charge in [0.1, 0.15) is 0 Å². The third-order valence-corrected chi connectivity index (χ3v) is 2.52. The van der Waals surface area contributed by atoms with Gasteiger partial charge in [0.05, 0.1) is 0 Å². The van der Waals surface area contributed by atoms with Crippen molar-refractivity contribution in [3.05, 3.63) is 60.4 Å². The summed E-state index contributed by atoms with van der Waals surface area (Å²) < 4.78 is 0. The van der Waals surface area contributed by atoms with Crippen molar-refractivity contribution in [2.45, 2.75) is 6.92 Å². The molecule has 0 radical (unpaired) electrons. The molecular weight excluding hydrogens is 182 g/mol. The van der Waals surface area contributed by atoms with Crippen LogP contribution in [0.5, 0.6) is 0 Å². The maximum Gasteiger partial charge on any atom is 0.0273 e. The van der Waals surface area contributed by atoms with E-state index in [2.05, 4.69) is 36.7 Å². The summed E-state index contributed by atoms with van der Waals surface area (Å²) in [5.41, 5.74) is 4.85. The van der Waals surface area contributed by atoms with Gasteiger partial charge in [-0.15, -0.1) is 0 Å². The van der Waals surface area contributed by atoms with Crippen LogP contribution in [0.4, 0.5) is 0 Å². The van der Waals surface area contributed by atoms with Crippen molar-refractivity contribution in [2.24, 2.45) is 0 Å². The fraction of sp³-hybridized carbons (Fsp3) is 0.0714. The molecule has 0 N–H and O–H groups in total. The number of pyridine rings is 1. The van der Waals surface area contributed by atoms with Gasteiger partial charge in [-0.1, -0.05) is 30.9 Å². The molecule has 0 fully saturated rings. The van der Waals surface area contributed by atoms with Crippen LogP contribution in [-0.4, -0.2) is 4.98 Å². The fourth-order valence-corrected chi connectivity index (χ4v) is 1.73. The number of aryl methyl sites for hydroxylation is 1. The maximum atomic E-state index is 4.02. The molecule has 0 atom stereocenters. The molecule has 0 amide bonds. The molecule has 1 heteroatoms. The monoisotopic (exact) mass is 195 g/mol. The van der Waals surface area contributed by atoms with Crippen molar-refractivity contribution in [3.8, 4) is 11.1 Å². The predicted octanol–water partition coefficient (Wildman–Crippen LogP) is 3.70. The number of hydrogen-bond acceptors (Lipinski definition) is 1. The highest BCUT2D eigenvalue weighted by Gasteiger charge is 2.03. The summed E-state index contributed by atoms with van der Waals surface area (Å²) in [6, 6.07) is 10.3. The molecule has 15 heavy (non-hydrogen) atoms. The van der Waals surface area contributed by atoms with E-state index < -0.39 is 0 Å². The molecule has 0 aliphatic carbocycles. The first-order chi connectivity index (χ1) is 7.33. The minimum Gasteiger partial charge on any atom is -0.265 e. The van der Waals surface area contributed by atoms with Crippen LogP contribution in [0.25, 0.3) is 17.2 Å². The van der Waals surface area contributed by atoms with Gasteiger partial charge < -0.3 is 0 Å². The summed E-state index contributed by atoms with van der Waals surface area (Å²) in [5, 5.41) is 0. The molecule has 0 unspecified atom stereocenters. The maximum absolute atomic E-state index is 4.02. The topological polar surface area (TPSA) is 12.9 Å². The van der Waals surface area contributed by atoms with Crippen molar-refractivity contribution >= 4 is 6.08 Å². The van der Waals surface area contributed by atoms with Crippen molar-refractivity contribution in [3.63, 3.8) is 0 Å². The lowest BCUT2D eigenvalue weighted by Crippen LogP contribution is -1.86. The molecule has 1 nitrogen and oxygen atoms in total. The first-order valence-corrected chi connectivity index (χ1v) is 4.95. The van der Waals surface area contributed by atoms with Crippen molar-refractivity contribution in [1.82, 2.24) is 4.98 Å². The third kappa shape index (κ3) is 1.82. The molecule has 0 bridgehead atoms. The zero-order chi connectivity index (χ0) is 10.7. The van der Waals surface area contributed by atoms with Gasteiger partial charge in [-0.25, -0.2) is 0 Å².